The zero-order chi connectivity index (χ0) is 21.0. The summed E-state index contributed by atoms with van der Waals surface area (Å²) in [6.45, 7) is 8.20. The Hall–Kier alpha value is -2.43. The van der Waals surface area contributed by atoms with Crippen molar-refractivity contribution >= 4 is 11.4 Å². The molecule has 164 valence electrons. The molecule has 0 spiro atoms. The Morgan fingerprint density at radius 1 is 1.13 bits per heavy atom. The van der Waals surface area contributed by atoms with Gasteiger partial charge in [-0.3, -0.25) is 20.1 Å². The van der Waals surface area contributed by atoms with Gasteiger partial charge in [0.1, 0.15) is 18.0 Å². The van der Waals surface area contributed by atoms with Crippen molar-refractivity contribution in [2.75, 3.05) is 57.8 Å². The fraction of sp³-hybridized carbons (Fsp3) is 0.500. The summed E-state index contributed by atoms with van der Waals surface area (Å²) in [7, 11) is 0. The average molecular weight is 424 g/mol. The summed E-state index contributed by atoms with van der Waals surface area (Å²) in [5.41, 5.74) is 4.66. The summed E-state index contributed by atoms with van der Waals surface area (Å²) in [6.07, 6.45) is 1.85. The number of hydrogen-bond acceptors (Lipinski definition) is 9. The van der Waals surface area contributed by atoms with Crippen LogP contribution in [0, 0.1) is 4.91 Å². The highest BCUT2D eigenvalue weighted by Gasteiger charge is 2.33. The molecule has 1 aromatic heterocycles. The standard InChI is InChI=1S/C22H29N7O2/c30-27-18-3-1-2-17(13-18)21-25-19-12-16(15-28-6-4-23-5-7-28)14-24-20(19)22(26-21)29-8-10-31-11-9-29/h1-3,12-14,21-23,25-26H,4-11,15H2. The number of fused-ring (bicyclic) bond motifs is 1. The zero-order valence-corrected chi connectivity index (χ0v) is 17.6. The smallest absolute Gasteiger partial charge is 0.108 e. The number of morpholine rings is 1. The molecule has 2 unspecified atom stereocenters. The predicted molar refractivity (Wildman–Crippen MR) is 119 cm³/mol. The minimum Gasteiger partial charge on any atom is -0.379 e. The second-order valence-electron chi connectivity index (χ2n) is 8.28. The lowest BCUT2D eigenvalue weighted by molar-refractivity contribution is 0.00367. The molecular weight excluding hydrogens is 394 g/mol. The Morgan fingerprint density at radius 3 is 2.77 bits per heavy atom. The molecule has 3 aliphatic rings. The van der Waals surface area contributed by atoms with Crippen molar-refractivity contribution in [1.82, 2.24) is 25.4 Å². The van der Waals surface area contributed by atoms with Crippen molar-refractivity contribution in [2.24, 2.45) is 5.18 Å². The summed E-state index contributed by atoms with van der Waals surface area (Å²) in [5.74, 6) is 0. The van der Waals surface area contributed by atoms with E-state index in [1.165, 1.54) is 5.56 Å². The van der Waals surface area contributed by atoms with Gasteiger partial charge in [-0.15, -0.1) is 4.91 Å². The zero-order valence-electron chi connectivity index (χ0n) is 17.6. The molecule has 4 heterocycles. The first kappa shape index (κ1) is 20.5. The van der Waals surface area contributed by atoms with Gasteiger partial charge in [-0.1, -0.05) is 12.1 Å². The Morgan fingerprint density at radius 2 is 1.97 bits per heavy atom. The van der Waals surface area contributed by atoms with Gasteiger partial charge in [-0.05, 0) is 34.5 Å². The molecule has 31 heavy (non-hydrogen) atoms. The topological polar surface area (TPSA) is 94.1 Å². The van der Waals surface area contributed by atoms with Crippen LogP contribution in [0.25, 0.3) is 0 Å². The van der Waals surface area contributed by atoms with Gasteiger partial charge in [-0.25, -0.2) is 0 Å². The maximum atomic E-state index is 11.1. The predicted octanol–water partition coefficient (Wildman–Crippen LogP) is 1.93. The minimum atomic E-state index is -0.140. The number of anilines is 1. The third-order valence-electron chi connectivity index (χ3n) is 6.19. The maximum Gasteiger partial charge on any atom is 0.108 e. The summed E-state index contributed by atoms with van der Waals surface area (Å²) in [5, 5.41) is 13.8. The third kappa shape index (κ3) is 4.60. The second kappa shape index (κ2) is 9.37. The number of rotatable bonds is 5. The quantitative estimate of drug-likeness (QED) is 0.628. The molecule has 2 fully saturated rings. The lowest BCUT2D eigenvalue weighted by Gasteiger charge is -2.41. The minimum absolute atomic E-state index is 0.0220. The van der Waals surface area contributed by atoms with Gasteiger partial charge < -0.3 is 15.4 Å². The van der Waals surface area contributed by atoms with Crippen molar-refractivity contribution in [3.05, 3.63) is 58.3 Å². The number of nitroso groups, excluding NO2 is 1. The Labute approximate surface area is 182 Å². The van der Waals surface area contributed by atoms with Crippen LogP contribution >= 0.6 is 0 Å². The van der Waals surface area contributed by atoms with Crippen LogP contribution in [0.4, 0.5) is 11.4 Å². The normalized spacial score (nSPS) is 24.9. The van der Waals surface area contributed by atoms with Crippen molar-refractivity contribution in [3.8, 4) is 0 Å². The van der Waals surface area contributed by atoms with Crippen molar-refractivity contribution < 1.29 is 4.74 Å². The Bertz CT molecular complexity index is 912. The van der Waals surface area contributed by atoms with E-state index in [0.717, 1.165) is 76.0 Å². The molecule has 2 saturated heterocycles. The van der Waals surface area contributed by atoms with Crippen LogP contribution in [0.2, 0.25) is 0 Å². The molecule has 9 nitrogen and oxygen atoms in total. The van der Waals surface area contributed by atoms with Gasteiger partial charge in [0.2, 0.25) is 0 Å². The molecule has 0 amide bonds. The number of ether oxygens (including phenoxy) is 1. The highest BCUT2D eigenvalue weighted by molar-refractivity contribution is 5.55. The van der Waals surface area contributed by atoms with Gasteiger partial charge in [0.25, 0.3) is 0 Å². The second-order valence-corrected chi connectivity index (χ2v) is 8.28. The fourth-order valence-electron chi connectivity index (χ4n) is 4.55. The molecule has 0 aliphatic carbocycles. The van der Waals surface area contributed by atoms with Gasteiger partial charge in [0.15, 0.2) is 0 Å². The first-order valence-electron chi connectivity index (χ1n) is 11.0. The van der Waals surface area contributed by atoms with Gasteiger partial charge in [0, 0.05) is 52.0 Å². The summed E-state index contributed by atoms with van der Waals surface area (Å²) < 4.78 is 5.56. The fourth-order valence-corrected chi connectivity index (χ4v) is 4.55. The molecule has 3 aliphatic heterocycles. The first-order chi connectivity index (χ1) is 15.3. The van der Waals surface area contributed by atoms with E-state index in [4.69, 9.17) is 9.72 Å². The molecule has 5 rings (SSSR count). The van der Waals surface area contributed by atoms with Crippen molar-refractivity contribution in [1.29, 1.82) is 0 Å². The lowest BCUT2D eigenvalue weighted by Crippen LogP contribution is -2.49. The third-order valence-corrected chi connectivity index (χ3v) is 6.19. The Balaban J connectivity index is 1.44. The average Bonchev–Trinajstić information content (AvgIpc) is 2.84. The Kier molecular flexibility index (Phi) is 6.19. The van der Waals surface area contributed by atoms with E-state index >= 15 is 0 Å². The molecular formula is C22H29N7O2. The first-order valence-corrected chi connectivity index (χ1v) is 11.0. The number of nitrogens with one attached hydrogen (secondary N) is 3. The van der Waals surface area contributed by atoms with Crippen LogP contribution in [0.15, 0.2) is 41.7 Å². The SMILES string of the molecule is O=Nc1cccc(C2Nc3cc(CN4CCNCC4)cnc3C(N3CCOCC3)N2)c1. The lowest BCUT2D eigenvalue weighted by atomic mass is 10.0. The van der Waals surface area contributed by atoms with Gasteiger partial charge in [-0.2, -0.15) is 0 Å². The molecule has 1 aromatic carbocycles. The van der Waals surface area contributed by atoms with E-state index in [9.17, 15) is 4.91 Å². The van der Waals surface area contributed by atoms with E-state index in [1.54, 1.807) is 6.07 Å². The summed E-state index contributed by atoms with van der Waals surface area (Å²) >= 11 is 0. The monoisotopic (exact) mass is 423 g/mol. The van der Waals surface area contributed by atoms with E-state index in [2.05, 4.69) is 37.0 Å². The maximum absolute atomic E-state index is 11.1. The van der Waals surface area contributed by atoms with Gasteiger partial charge >= 0.3 is 0 Å². The van der Waals surface area contributed by atoms with E-state index < -0.39 is 0 Å². The largest absolute Gasteiger partial charge is 0.379 e. The van der Waals surface area contributed by atoms with E-state index in [0.29, 0.717) is 5.69 Å². The highest BCUT2D eigenvalue weighted by Crippen LogP contribution is 2.35. The number of pyridine rings is 1. The molecule has 3 N–H and O–H groups in total. The van der Waals surface area contributed by atoms with Crippen LogP contribution in [0.1, 0.15) is 29.2 Å². The van der Waals surface area contributed by atoms with Crippen LogP contribution in [0.5, 0.6) is 0 Å². The molecule has 0 saturated carbocycles. The van der Waals surface area contributed by atoms with Gasteiger partial charge in [0.05, 0.1) is 24.6 Å². The molecule has 9 heteroatoms. The van der Waals surface area contributed by atoms with Crippen molar-refractivity contribution in [2.45, 2.75) is 18.9 Å². The summed E-state index contributed by atoms with van der Waals surface area (Å²) in [6, 6.07) is 9.66. The van der Waals surface area contributed by atoms with Crippen LogP contribution in [0.3, 0.4) is 0 Å². The van der Waals surface area contributed by atoms with E-state index in [1.807, 2.05) is 24.4 Å². The number of piperazine rings is 1. The summed E-state index contributed by atoms with van der Waals surface area (Å²) in [4.78, 5) is 20.8. The number of benzene rings is 1. The van der Waals surface area contributed by atoms with Crippen LogP contribution in [-0.4, -0.2) is 67.3 Å². The molecule has 0 radical (unpaired) electrons. The van der Waals surface area contributed by atoms with Crippen molar-refractivity contribution in [3.63, 3.8) is 0 Å². The highest BCUT2D eigenvalue weighted by atomic mass is 16.5. The molecule has 2 atom stereocenters. The number of nitrogens with zero attached hydrogens (tertiary/aromatic N) is 4. The molecule has 0 bridgehead atoms. The number of aromatic nitrogens is 1. The van der Waals surface area contributed by atoms with Crippen LogP contribution in [-0.2, 0) is 11.3 Å². The molecule has 2 aromatic rings. The van der Waals surface area contributed by atoms with E-state index in [-0.39, 0.29) is 12.3 Å². The number of hydrogen-bond donors (Lipinski definition) is 3. The van der Waals surface area contributed by atoms with Crippen LogP contribution < -0.4 is 16.0 Å².